The standard InChI is InChI=1S/C11H17N3O5S2/c1-20(16,17)6-5-9(12)11(15)14-8-3-4-10(13-7-8)21(2,18)19/h3-4,7,9H,5-6,12H2,1-2H3,(H,14,15). The van der Waals surface area contributed by atoms with Crippen LogP contribution in [0.5, 0.6) is 0 Å². The van der Waals surface area contributed by atoms with E-state index in [-0.39, 0.29) is 22.9 Å². The van der Waals surface area contributed by atoms with Crippen molar-refractivity contribution in [3.63, 3.8) is 0 Å². The molecule has 0 aliphatic carbocycles. The van der Waals surface area contributed by atoms with Crippen molar-refractivity contribution < 1.29 is 21.6 Å². The second-order valence-corrected chi connectivity index (χ2v) is 8.89. The fourth-order valence-corrected chi connectivity index (χ4v) is 2.62. The minimum absolute atomic E-state index is 0.000478. The molecule has 0 aliphatic heterocycles. The fourth-order valence-electron chi connectivity index (χ4n) is 1.38. The average molecular weight is 335 g/mol. The van der Waals surface area contributed by atoms with Crippen molar-refractivity contribution in [2.24, 2.45) is 5.73 Å². The second-order valence-electron chi connectivity index (χ2n) is 4.67. The molecule has 0 fully saturated rings. The van der Waals surface area contributed by atoms with E-state index in [2.05, 4.69) is 10.3 Å². The summed E-state index contributed by atoms with van der Waals surface area (Å²) in [6.07, 6.45) is 3.28. The molecule has 0 saturated carbocycles. The molecule has 1 atom stereocenters. The maximum atomic E-state index is 11.7. The maximum Gasteiger partial charge on any atom is 0.241 e. The molecule has 0 saturated heterocycles. The molecule has 1 amide bonds. The van der Waals surface area contributed by atoms with Crippen LogP contribution in [0.3, 0.4) is 0 Å². The Hall–Kier alpha value is -1.52. The number of carbonyl (C=O) groups is 1. The molecule has 1 aromatic heterocycles. The van der Waals surface area contributed by atoms with E-state index in [4.69, 9.17) is 5.73 Å². The van der Waals surface area contributed by atoms with Crippen LogP contribution in [0.15, 0.2) is 23.4 Å². The van der Waals surface area contributed by atoms with Gasteiger partial charge in [0.1, 0.15) is 9.84 Å². The van der Waals surface area contributed by atoms with Crippen LogP contribution < -0.4 is 11.1 Å². The van der Waals surface area contributed by atoms with Crippen LogP contribution in [-0.4, -0.2) is 52.0 Å². The number of sulfone groups is 2. The molecule has 21 heavy (non-hydrogen) atoms. The highest BCUT2D eigenvalue weighted by atomic mass is 32.2. The van der Waals surface area contributed by atoms with Crippen LogP contribution in [0, 0.1) is 0 Å². The van der Waals surface area contributed by atoms with Crippen molar-refractivity contribution in [2.45, 2.75) is 17.5 Å². The van der Waals surface area contributed by atoms with E-state index in [9.17, 15) is 21.6 Å². The third-order valence-corrected chi connectivity index (χ3v) is 4.50. The number of carbonyl (C=O) groups excluding carboxylic acids is 1. The molecule has 10 heteroatoms. The molecular formula is C11H17N3O5S2. The quantitative estimate of drug-likeness (QED) is 0.693. The fraction of sp³-hybridized carbons (Fsp3) is 0.455. The minimum atomic E-state index is -3.40. The molecule has 0 spiro atoms. The molecule has 8 nitrogen and oxygen atoms in total. The summed E-state index contributed by atoms with van der Waals surface area (Å²) in [4.78, 5) is 15.4. The SMILES string of the molecule is CS(=O)(=O)CCC(N)C(=O)Nc1ccc(S(C)(=O)=O)nc1. The van der Waals surface area contributed by atoms with Crippen LogP contribution in [0.1, 0.15) is 6.42 Å². The average Bonchev–Trinajstić information content (AvgIpc) is 2.34. The Labute approximate surface area is 123 Å². The van der Waals surface area contributed by atoms with Crippen molar-refractivity contribution in [3.05, 3.63) is 18.3 Å². The van der Waals surface area contributed by atoms with Gasteiger partial charge in [-0.3, -0.25) is 4.79 Å². The Bertz CT molecular complexity index is 711. The van der Waals surface area contributed by atoms with Gasteiger partial charge in [0.25, 0.3) is 0 Å². The monoisotopic (exact) mass is 335 g/mol. The first-order valence-corrected chi connectivity index (χ1v) is 9.84. The number of anilines is 1. The summed E-state index contributed by atoms with van der Waals surface area (Å²) in [5, 5.41) is 2.33. The number of nitrogens with two attached hydrogens (primary N) is 1. The molecule has 118 valence electrons. The van der Waals surface area contributed by atoms with Crippen LogP contribution in [-0.2, 0) is 24.5 Å². The predicted octanol–water partition coefficient (Wildman–Crippen LogP) is -0.814. The molecule has 1 aromatic rings. The van der Waals surface area contributed by atoms with Crippen molar-refractivity contribution >= 4 is 31.3 Å². The lowest BCUT2D eigenvalue weighted by Gasteiger charge is -2.11. The second kappa shape index (κ2) is 6.50. The molecule has 0 bridgehead atoms. The van der Waals surface area contributed by atoms with Gasteiger partial charge in [0.05, 0.1) is 23.7 Å². The Morgan fingerprint density at radius 1 is 1.29 bits per heavy atom. The summed E-state index contributed by atoms with van der Waals surface area (Å²) < 4.78 is 44.4. The zero-order valence-corrected chi connectivity index (χ0v) is 13.2. The van der Waals surface area contributed by atoms with Gasteiger partial charge in [-0.2, -0.15) is 0 Å². The summed E-state index contributed by atoms with van der Waals surface area (Å²) in [5.41, 5.74) is 5.86. The molecule has 1 heterocycles. The first-order valence-electron chi connectivity index (χ1n) is 5.89. The maximum absolute atomic E-state index is 11.7. The van der Waals surface area contributed by atoms with Crippen LogP contribution in [0.2, 0.25) is 0 Å². The lowest BCUT2D eigenvalue weighted by molar-refractivity contribution is -0.117. The van der Waals surface area contributed by atoms with E-state index in [0.29, 0.717) is 0 Å². The van der Waals surface area contributed by atoms with Crippen molar-refractivity contribution in [1.82, 2.24) is 4.98 Å². The van der Waals surface area contributed by atoms with Gasteiger partial charge in [-0.1, -0.05) is 0 Å². The number of amides is 1. The summed E-state index contributed by atoms with van der Waals surface area (Å²) in [5.74, 6) is -0.750. The van der Waals surface area contributed by atoms with E-state index in [1.54, 1.807) is 0 Å². The molecule has 0 radical (unpaired) electrons. The van der Waals surface area contributed by atoms with Crippen LogP contribution >= 0.6 is 0 Å². The Morgan fingerprint density at radius 2 is 1.90 bits per heavy atom. The number of hydrogen-bond donors (Lipinski definition) is 2. The molecule has 3 N–H and O–H groups in total. The lowest BCUT2D eigenvalue weighted by atomic mass is 10.2. The first kappa shape index (κ1) is 17.5. The highest BCUT2D eigenvalue weighted by Crippen LogP contribution is 2.10. The lowest BCUT2D eigenvalue weighted by Crippen LogP contribution is -2.37. The number of nitrogens with zero attached hydrogens (tertiary/aromatic N) is 1. The van der Waals surface area contributed by atoms with Gasteiger partial charge in [-0.15, -0.1) is 0 Å². The smallest absolute Gasteiger partial charge is 0.241 e. The Balaban J connectivity index is 2.67. The van der Waals surface area contributed by atoms with E-state index in [0.717, 1.165) is 12.5 Å². The summed E-state index contributed by atoms with van der Waals surface area (Å²) in [6.45, 7) is 0. The van der Waals surface area contributed by atoms with Gasteiger partial charge in [-0.05, 0) is 18.6 Å². The van der Waals surface area contributed by atoms with Crippen molar-refractivity contribution in [1.29, 1.82) is 0 Å². The zero-order chi connectivity index (χ0) is 16.3. The Kier molecular flexibility index (Phi) is 5.42. The van der Waals surface area contributed by atoms with E-state index >= 15 is 0 Å². The topological polar surface area (TPSA) is 136 Å². The van der Waals surface area contributed by atoms with Gasteiger partial charge in [-0.25, -0.2) is 21.8 Å². The van der Waals surface area contributed by atoms with Crippen molar-refractivity contribution in [2.75, 3.05) is 23.6 Å². The highest BCUT2D eigenvalue weighted by molar-refractivity contribution is 7.90. The van der Waals surface area contributed by atoms with E-state index in [1.165, 1.54) is 18.3 Å². The highest BCUT2D eigenvalue weighted by Gasteiger charge is 2.16. The van der Waals surface area contributed by atoms with Crippen molar-refractivity contribution in [3.8, 4) is 0 Å². The number of aromatic nitrogens is 1. The Morgan fingerprint density at radius 3 is 2.33 bits per heavy atom. The van der Waals surface area contributed by atoms with Gasteiger partial charge in [0.2, 0.25) is 5.91 Å². The minimum Gasteiger partial charge on any atom is -0.323 e. The molecule has 0 aromatic carbocycles. The van der Waals surface area contributed by atoms with Gasteiger partial charge in [0.15, 0.2) is 14.9 Å². The van der Waals surface area contributed by atoms with E-state index in [1.807, 2.05) is 0 Å². The number of nitrogens with one attached hydrogen (secondary N) is 1. The largest absolute Gasteiger partial charge is 0.323 e. The molecule has 1 unspecified atom stereocenters. The third kappa shape index (κ3) is 6.19. The first-order chi connectivity index (χ1) is 9.49. The molecule has 0 aliphatic rings. The van der Waals surface area contributed by atoms with Gasteiger partial charge in [0, 0.05) is 12.5 Å². The summed E-state index contributed by atoms with van der Waals surface area (Å²) >= 11 is 0. The summed E-state index contributed by atoms with van der Waals surface area (Å²) in [7, 11) is -6.59. The summed E-state index contributed by atoms with van der Waals surface area (Å²) in [6, 6.07) is 1.66. The van der Waals surface area contributed by atoms with E-state index < -0.39 is 31.6 Å². The molecular weight excluding hydrogens is 318 g/mol. The molecule has 1 rings (SSSR count). The third-order valence-electron chi connectivity index (χ3n) is 2.52. The van der Waals surface area contributed by atoms with Gasteiger partial charge < -0.3 is 11.1 Å². The zero-order valence-electron chi connectivity index (χ0n) is 11.6. The predicted molar refractivity (Wildman–Crippen MR) is 78.3 cm³/mol. The number of rotatable bonds is 6. The number of pyridine rings is 1. The van der Waals surface area contributed by atoms with Gasteiger partial charge >= 0.3 is 0 Å². The number of hydrogen-bond acceptors (Lipinski definition) is 7. The normalized spacial score (nSPS) is 13.7. The van der Waals surface area contributed by atoms with Crippen LogP contribution in [0.4, 0.5) is 5.69 Å². The van der Waals surface area contributed by atoms with Crippen LogP contribution in [0.25, 0.3) is 0 Å².